The summed E-state index contributed by atoms with van der Waals surface area (Å²) in [6.45, 7) is 0. The van der Waals surface area contributed by atoms with Crippen molar-refractivity contribution < 1.29 is 9.32 Å². The largest absolute Gasteiger partial charge is 0.507 e. The molecule has 1 aromatic carbocycles. The van der Waals surface area contributed by atoms with Crippen LogP contribution < -0.4 is 0 Å². The maximum Gasteiger partial charge on any atom is 0.463 e. The molecule has 0 aliphatic rings. The van der Waals surface area contributed by atoms with Gasteiger partial charge in [-0.2, -0.15) is 0 Å². The fraction of sp³-hybridized carbons (Fsp3) is 0.143. The fourth-order valence-electron chi connectivity index (χ4n) is 0.696. The minimum absolute atomic E-state index is 0.200. The Hall–Kier alpha value is -0.960. The van der Waals surface area contributed by atoms with E-state index in [-0.39, 0.29) is 5.75 Å². The molecular weight excluding hydrogens is 148 g/mol. The number of rotatable bonds is 2. The lowest BCUT2D eigenvalue weighted by atomic mass is 10.2. The van der Waals surface area contributed by atoms with E-state index < -0.39 is 0 Å². The molecule has 0 spiro atoms. The standard InChI is InChI=1S/C7H6O2S/c8-7-4-2-1-3-6(7)5-10-9/h1-4H,5H2/p+1. The van der Waals surface area contributed by atoms with Gasteiger partial charge in [-0.3, -0.25) is 0 Å². The predicted molar refractivity (Wildman–Crippen MR) is 39.9 cm³/mol. The summed E-state index contributed by atoms with van der Waals surface area (Å²) in [5.74, 6) is 0.526. The van der Waals surface area contributed by atoms with Crippen LogP contribution in [0.15, 0.2) is 24.3 Å². The summed E-state index contributed by atoms with van der Waals surface area (Å²) in [7, 11) is 0. The van der Waals surface area contributed by atoms with Gasteiger partial charge in [-0.15, -0.1) is 0 Å². The summed E-state index contributed by atoms with van der Waals surface area (Å²) < 4.78 is 10.1. The van der Waals surface area contributed by atoms with Crippen LogP contribution in [0.2, 0.25) is 0 Å². The Labute approximate surface area is 63.0 Å². The topological polar surface area (TPSA) is 37.3 Å². The Kier molecular flexibility index (Phi) is 2.34. The lowest BCUT2D eigenvalue weighted by Crippen LogP contribution is -1.81. The Morgan fingerprint density at radius 1 is 1.40 bits per heavy atom. The number of para-hydroxylation sites is 1. The molecule has 0 aliphatic heterocycles. The SMILES string of the molecule is O=[S+]Cc1ccccc1O. The van der Waals surface area contributed by atoms with Crippen molar-refractivity contribution in [1.29, 1.82) is 0 Å². The van der Waals surface area contributed by atoms with Crippen molar-refractivity contribution in [2.24, 2.45) is 0 Å². The molecule has 10 heavy (non-hydrogen) atoms. The molecule has 0 aliphatic carbocycles. The normalized spacial score (nSPS) is 9.20. The molecule has 1 N–H and O–H groups in total. The molecule has 0 unspecified atom stereocenters. The van der Waals surface area contributed by atoms with Gasteiger partial charge in [0.2, 0.25) is 0 Å². The van der Waals surface area contributed by atoms with Gasteiger partial charge in [0.25, 0.3) is 5.75 Å². The smallest absolute Gasteiger partial charge is 0.463 e. The van der Waals surface area contributed by atoms with E-state index in [4.69, 9.17) is 5.11 Å². The maximum atomic E-state index is 10.1. The second kappa shape index (κ2) is 3.27. The lowest BCUT2D eigenvalue weighted by molar-refractivity contribution is 0.470. The van der Waals surface area contributed by atoms with Crippen LogP contribution in [0.1, 0.15) is 5.56 Å². The van der Waals surface area contributed by atoms with Gasteiger partial charge in [-0.1, -0.05) is 12.1 Å². The second-order valence-corrected chi connectivity index (χ2v) is 2.42. The summed E-state index contributed by atoms with van der Waals surface area (Å²) in [4.78, 5) is 0. The summed E-state index contributed by atoms with van der Waals surface area (Å²) in [5, 5.41) is 9.09. The van der Waals surface area contributed by atoms with Crippen LogP contribution in [0.5, 0.6) is 5.75 Å². The highest BCUT2D eigenvalue weighted by Crippen LogP contribution is 2.15. The minimum atomic E-state index is 0.200. The van der Waals surface area contributed by atoms with Gasteiger partial charge in [-0.25, -0.2) is 0 Å². The first kappa shape index (κ1) is 7.15. The first-order chi connectivity index (χ1) is 4.84. The molecule has 0 saturated heterocycles. The number of aromatic hydroxyl groups is 1. The molecule has 0 bridgehead atoms. The number of phenols is 1. The zero-order valence-electron chi connectivity index (χ0n) is 5.28. The Morgan fingerprint density at radius 3 is 2.70 bits per heavy atom. The van der Waals surface area contributed by atoms with E-state index in [1.165, 1.54) is 0 Å². The first-order valence-electron chi connectivity index (χ1n) is 2.86. The molecule has 0 fully saturated rings. The van der Waals surface area contributed by atoms with E-state index >= 15 is 0 Å². The van der Waals surface area contributed by atoms with Crippen LogP contribution in [-0.2, 0) is 21.6 Å². The highest BCUT2D eigenvalue weighted by atomic mass is 32.1. The fourth-order valence-corrected chi connectivity index (χ4v) is 1.07. The Morgan fingerprint density at radius 2 is 2.10 bits per heavy atom. The van der Waals surface area contributed by atoms with Crippen LogP contribution in [0, 0.1) is 0 Å². The van der Waals surface area contributed by atoms with Gasteiger partial charge in [-0.05, 0) is 12.1 Å². The van der Waals surface area contributed by atoms with E-state index in [0.717, 1.165) is 0 Å². The Balaban J connectivity index is 2.91. The second-order valence-electron chi connectivity index (χ2n) is 1.89. The molecule has 0 radical (unpaired) electrons. The van der Waals surface area contributed by atoms with E-state index in [1.54, 1.807) is 24.3 Å². The van der Waals surface area contributed by atoms with E-state index in [2.05, 4.69) is 0 Å². The van der Waals surface area contributed by atoms with Crippen LogP contribution in [0.4, 0.5) is 0 Å². The number of hydrogen-bond acceptors (Lipinski definition) is 2. The molecule has 0 atom stereocenters. The lowest BCUT2D eigenvalue weighted by Gasteiger charge is -1.91. The highest BCUT2D eigenvalue weighted by molar-refractivity contribution is 7.64. The maximum absolute atomic E-state index is 10.1. The zero-order chi connectivity index (χ0) is 7.40. The third kappa shape index (κ3) is 1.51. The van der Waals surface area contributed by atoms with Gasteiger partial charge >= 0.3 is 11.7 Å². The molecule has 52 valence electrons. The van der Waals surface area contributed by atoms with Crippen LogP contribution in [-0.4, -0.2) is 5.11 Å². The van der Waals surface area contributed by atoms with Crippen LogP contribution >= 0.6 is 0 Å². The average Bonchev–Trinajstić information content (AvgIpc) is 1.94. The predicted octanol–water partition coefficient (Wildman–Crippen LogP) is 1.32. The van der Waals surface area contributed by atoms with Crippen molar-refractivity contribution in [3.63, 3.8) is 0 Å². The number of phenolic OH excluding ortho intramolecular Hbond substituents is 1. The molecule has 0 amide bonds. The van der Waals surface area contributed by atoms with E-state index in [0.29, 0.717) is 23.0 Å². The van der Waals surface area contributed by atoms with Gasteiger partial charge in [0, 0.05) is 4.21 Å². The summed E-state index contributed by atoms with van der Waals surface area (Å²) in [5.41, 5.74) is 0.697. The molecule has 0 aromatic heterocycles. The molecule has 1 rings (SSSR count). The van der Waals surface area contributed by atoms with Crippen molar-refractivity contribution in [1.82, 2.24) is 0 Å². The molecule has 0 heterocycles. The van der Waals surface area contributed by atoms with Gasteiger partial charge in [0.15, 0.2) is 0 Å². The van der Waals surface area contributed by atoms with Crippen molar-refractivity contribution in [3.05, 3.63) is 29.8 Å². The number of hydrogen-bond donors (Lipinski definition) is 1. The molecule has 3 heteroatoms. The van der Waals surface area contributed by atoms with E-state index in [1.807, 2.05) is 0 Å². The summed E-state index contributed by atoms with van der Waals surface area (Å²) >= 11 is 0.459. The molecule has 2 nitrogen and oxygen atoms in total. The summed E-state index contributed by atoms with van der Waals surface area (Å²) in [6.07, 6.45) is 0. The van der Waals surface area contributed by atoms with Crippen molar-refractivity contribution in [3.8, 4) is 5.75 Å². The van der Waals surface area contributed by atoms with Crippen LogP contribution in [0.25, 0.3) is 0 Å². The molecule has 0 saturated carbocycles. The molecular formula is C7H7O2S+. The molecule has 1 aromatic rings. The Bertz CT molecular complexity index is 235. The van der Waals surface area contributed by atoms with Crippen molar-refractivity contribution in [2.45, 2.75) is 5.75 Å². The minimum Gasteiger partial charge on any atom is -0.507 e. The van der Waals surface area contributed by atoms with Crippen molar-refractivity contribution in [2.75, 3.05) is 0 Å². The zero-order valence-corrected chi connectivity index (χ0v) is 6.10. The number of benzene rings is 1. The van der Waals surface area contributed by atoms with Gasteiger partial charge < -0.3 is 5.11 Å². The third-order valence-electron chi connectivity index (χ3n) is 1.21. The van der Waals surface area contributed by atoms with Crippen LogP contribution in [0.3, 0.4) is 0 Å². The summed E-state index contributed by atoms with van der Waals surface area (Å²) in [6, 6.07) is 6.84. The van der Waals surface area contributed by atoms with E-state index in [9.17, 15) is 4.21 Å². The van der Waals surface area contributed by atoms with Crippen molar-refractivity contribution >= 4 is 11.7 Å². The first-order valence-corrected chi connectivity index (χ1v) is 3.77. The average molecular weight is 155 g/mol. The third-order valence-corrected chi connectivity index (χ3v) is 1.63. The van der Waals surface area contributed by atoms with Gasteiger partial charge in [0.1, 0.15) is 5.75 Å². The monoisotopic (exact) mass is 155 g/mol. The quantitative estimate of drug-likeness (QED) is 0.654. The van der Waals surface area contributed by atoms with Gasteiger partial charge in [0.05, 0.1) is 5.56 Å². The highest BCUT2D eigenvalue weighted by Gasteiger charge is 2.05.